The molecule has 0 spiro atoms. The zero-order valence-corrected chi connectivity index (χ0v) is 12.0. The molecule has 0 saturated carbocycles. The summed E-state index contributed by atoms with van der Waals surface area (Å²) < 4.78 is 49.3. The minimum absolute atomic E-state index is 0.00654. The van der Waals surface area contributed by atoms with Crippen molar-refractivity contribution < 1.29 is 27.8 Å². The molecule has 1 aliphatic rings. The molecule has 1 N–H and O–H groups in total. The monoisotopic (exact) mass is 388 g/mol. The van der Waals surface area contributed by atoms with E-state index in [0.717, 1.165) is 6.07 Å². The summed E-state index contributed by atoms with van der Waals surface area (Å²) in [7, 11) is 0. The van der Waals surface area contributed by atoms with Gasteiger partial charge in [0.05, 0.1) is 34.4 Å². The Labute approximate surface area is 121 Å². The number of benzene rings is 1. The second-order valence-electron chi connectivity index (χ2n) is 4.55. The second kappa shape index (κ2) is 5.45. The van der Waals surface area contributed by atoms with Gasteiger partial charge < -0.3 is 14.6 Å². The van der Waals surface area contributed by atoms with Crippen molar-refractivity contribution in [3.05, 3.63) is 27.3 Å². The lowest BCUT2D eigenvalue weighted by Crippen LogP contribution is -2.50. The zero-order valence-electron chi connectivity index (χ0n) is 9.84. The van der Waals surface area contributed by atoms with E-state index in [2.05, 4.69) is 0 Å². The van der Waals surface area contributed by atoms with Crippen molar-refractivity contribution in [1.82, 2.24) is 0 Å². The Hall–Kier alpha value is -0.540. The van der Waals surface area contributed by atoms with Crippen LogP contribution in [0.1, 0.15) is 5.56 Å². The molecule has 0 bridgehead atoms. The molecule has 1 aromatic carbocycles. The summed E-state index contributed by atoms with van der Waals surface area (Å²) >= 11 is 1.80. The van der Waals surface area contributed by atoms with E-state index in [-0.39, 0.29) is 19.0 Å². The van der Waals surface area contributed by atoms with Crippen LogP contribution in [0.2, 0.25) is 0 Å². The van der Waals surface area contributed by atoms with Crippen LogP contribution in [0.4, 0.5) is 13.2 Å². The van der Waals surface area contributed by atoms with E-state index in [1.54, 1.807) is 28.7 Å². The van der Waals surface area contributed by atoms with Crippen LogP contribution in [0.3, 0.4) is 0 Å². The Kier molecular flexibility index (Phi) is 4.26. The molecule has 1 heterocycles. The van der Waals surface area contributed by atoms with Crippen LogP contribution in [0.15, 0.2) is 18.2 Å². The Bertz CT molecular complexity index is 453. The predicted octanol–water partition coefficient (Wildman–Crippen LogP) is 2.70. The van der Waals surface area contributed by atoms with Crippen molar-refractivity contribution in [2.24, 2.45) is 5.41 Å². The molecule has 19 heavy (non-hydrogen) atoms. The maximum absolute atomic E-state index is 12.9. The molecule has 0 atom stereocenters. The van der Waals surface area contributed by atoms with Crippen LogP contribution in [0.5, 0.6) is 5.75 Å². The fourth-order valence-corrected chi connectivity index (χ4v) is 2.37. The van der Waals surface area contributed by atoms with Gasteiger partial charge >= 0.3 is 6.18 Å². The minimum atomic E-state index is -4.46. The van der Waals surface area contributed by atoms with Gasteiger partial charge in [-0.15, -0.1) is 0 Å². The van der Waals surface area contributed by atoms with Crippen molar-refractivity contribution >= 4 is 22.6 Å². The third-order valence-corrected chi connectivity index (χ3v) is 3.80. The lowest BCUT2D eigenvalue weighted by Gasteiger charge is -2.39. The van der Waals surface area contributed by atoms with Crippen LogP contribution in [0, 0.1) is 8.99 Å². The highest BCUT2D eigenvalue weighted by Crippen LogP contribution is 2.39. The summed E-state index contributed by atoms with van der Waals surface area (Å²) in [5.74, 6) is -0.185. The zero-order chi connectivity index (χ0) is 14.1. The molecule has 1 aromatic rings. The first-order valence-corrected chi connectivity index (χ1v) is 6.63. The van der Waals surface area contributed by atoms with E-state index in [1.165, 1.54) is 6.07 Å². The molecular weight excluding hydrogens is 376 g/mol. The third kappa shape index (κ3) is 3.14. The lowest BCUT2D eigenvalue weighted by atomic mass is 9.88. The fourth-order valence-electron chi connectivity index (χ4n) is 1.72. The number of aliphatic hydroxyl groups is 1. The number of hydrogen-bond acceptors (Lipinski definition) is 3. The SMILES string of the molecule is OCC1(COc2c(I)cccc2C(F)(F)F)COC1. The average molecular weight is 388 g/mol. The summed E-state index contributed by atoms with van der Waals surface area (Å²) in [6, 6.07) is 3.88. The smallest absolute Gasteiger partial charge is 0.420 e. The van der Waals surface area contributed by atoms with Crippen LogP contribution in [0.25, 0.3) is 0 Å². The number of alkyl halides is 3. The highest BCUT2D eigenvalue weighted by atomic mass is 127. The molecule has 2 rings (SSSR count). The summed E-state index contributed by atoms with van der Waals surface area (Å²) in [6.07, 6.45) is -4.46. The normalized spacial score (nSPS) is 17.9. The van der Waals surface area contributed by atoms with Crippen molar-refractivity contribution in [2.45, 2.75) is 6.18 Å². The standard InChI is InChI=1S/C12H12F3IO3/c13-12(14,15)8-2-1-3-9(16)10(8)19-7-11(4-17)5-18-6-11/h1-3,17H,4-7H2. The summed E-state index contributed by atoms with van der Waals surface area (Å²) in [4.78, 5) is 0. The molecule has 0 amide bonds. The van der Waals surface area contributed by atoms with E-state index in [1.807, 2.05) is 0 Å². The Morgan fingerprint density at radius 2 is 2.05 bits per heavy atom. The van der Waals surface area contributed by atoms with E-state index in [4.69, 9.17) is 9.47 Å². The molecule has 0 aromatic heterocycles. The van der Waals surface area contributed by atoms with Crippen molar-refractivity contribution in [3.63, 3.8) is 0 Å². The van der Waals surface area contributed by atoms with Gasteiger partial charge in [-0.1, -0.05) is 6.07 Å². The number of halogens is 4. The van der Waals surface area contributed by atoms with Gasteiger partial charge in [-0.2, -0.15) is 13.2 Å². The number of ether oxygens (including phenoxy) is 2. The van der Waals surface area contributed by atoms with Gasteiger partial charge in [-0.25, -0.2) is 0 Å². The van der Waals surface area contributed by atoms with Crippen LogP contribution in [-0.2, 0) is 10.9 Å². The van der Waals surface area contributed by atoms with Gasteiger partial charge in [0, 0.05) is 0 Å². The fraction of sp³-hybridized carbons (Fsp3) is 0.500. The second-order valence-corrected chi connectivity index (χ2v) is 5.72. The Morgan fingerprint density at radius 3 is 2.53 bits per heavy atom. The van der Waals surface area contributed by atoms with Gasteiger partial charge in [0.25, 0.3) is 0 Å². The highest BCUT2D eigenvalue weighted by Gasteiger charge is 2.41. The molecule has 0 radical (unpaired) electrons. The quantitative estimate of drug-likeness (QED) is 0.807. The minimum Gasteiger partial charge on any atom is -0.491 e. The number of para-hydroxylation sites is 1. The third-order valence-electron chi connectivity index (χ3n) is 2.95. The average Bonchev–Trinajstić information content (AvgIpc) is 2.28. The molecule has 1 fully saturated rings. The topological polar surface area (TPSA) is 38.7 Å². The molecule has 3 nitrogen and oxygen atoms in total. The number of hydrogen-bond donors (Lipinski definition) is 1. The molecular formula is C12H12F3IO3. The highest BCUT2D eigenvalue weighted by molar-refractivity contribution is 14.1. The molecule has 0 aliphatic carbocycles. The van der Waals surface area contributed by atoms with Crippen LogP contribution >= 0.6 is 22.6 Å². The largest absolute Gasteiger partial charge is 0.491 e. The Morgan fingerprint density at radius 1 is 1.37 bits per heavy atom. The summed E-state index contributed by atoms with van der Waals surface area (Å²) in [5, 5.41) is 9.23. The predicted molar refractivity (Wildman–Crippen MR) is 70.0 cm³/mol. The van der Waals surface area contributed by atoms with Crippen molar-refractivity contribution in [1.29, 1.82) is 0 Å². The maximum Gasteiger partial charge on any atom is 0.420 e. The Balaban J connectivity index is 2.20. The lowest BCUT2D eigenvalue weighted by molar-refractivity contribution is -0.156. The van der Waals surface area contributed by atoms with Crippen molar-refractivity contribution in [2.75, 3.05) is 26.4 Å². The summed E-state index contributed by atoms with van der Waals surface area (Å²) in [5.41, 5.74) is -1.38. The van der Waals surface area contributed by atoms with Gasteiger partial charge in [-0.3, -0.25) is 0 Å². The van der Waals surface area contributed by atoms with Crippen LogP contribution in [-0.4, -0.2) is 31.5 Å². The van der Waals surface area contributed by atoms with Crippen LogP contribution < -0.4 is 4.74 Å². The van der Waals surface area contributed by atoms with E-state index >= 15 is 0 Å². The van der Waals surface area contributed by atoms with Gasteiger partial charge in [0.15, 0.2) is 0 Å². The molecule has 1 aliphatic heterocycles. The maximum atomic E-state index is 12.9. The van der Waals surface area contributed by atoms with Gasteiger partial charge in [0.1, 0.15) is 12.4 Å². The van der Waals surface area contributed by atoms with Gasteiger partial charge in [-0.05, 0) is 34.7 Å². The molecule has 0 unspecified atom stereocenters. The van der Waals surface area contributed by atoms with E-state index < -0.39 is 17.2 Å². The summed E-state index contributed by atoms with van der Waals surface area (Å²) in [6.45, 7) is 0.437. The first kappa shape index (κ1) is 14.9. The van der Waals surface area contributed by atoms with E-state index in [0.29, 0.717) is 16.8 Å². The number of rotatable bonds is 4. The van der Waals surface area contributed by atoms with E-state index in [9.17, 15) is 18.3 Å². The number of aliphatic hydroxyl groups excluding tert-OH is 1. The molecule has 106 valence electrons. The first-order chi connectivity index (χ1) is 8.88. The first-order valence-electron chi connectivity index (χ1n) is 5.55. The molecule has 1 saturated heterocycles. The molecule has 7 heteroatoms. The van der Waals surface area contributed by atoms with Gasteiger partial charge in [0.2, 0.25) is 0 Å². The van der Waals surface area contributed by atoms with Crippen molar-refractivity contribution in [3.8, 4) is 5.75 Å².